The van der Waals surface area contributed by atoms with E-state index in [2.05, 4.69) is 45.0 Å². The minimum atomic E-state index is -1.04. The SMILES string of the molecule is Cc1cc(CC(C)C)c2c(c1)C(c1ccccc1)S(=O)CO2. The van der Waals surface area contributed by atoms with Crippen LogP contribution in [0.1, 0.15) is 41.4 Å². The summed E-state index contributed by atoms with van der Waals surface area (Å²) in [5.74, 6) is 1.80. The molecule has 3 rings (SSSR count). The molecule has 0 saturated carbocycles. The highest BCUT2D eigenvalue weighted by molar-refractivity contribution is 7.85. The molecule has 0 amide bonds. The van der Waals surface area contributed by atoms with Gasteiger partial charge in [0.25, 0.3) is 0 Å². The van der Waals surface area contributed by atoms with E-state index >= 15 is 0 Å². The van der Waals surface area contributed by atoms with Gasteiger partial charge in [0.1, 0.15) is 5.75 Å². The molecule has 2 nitrogen and oxygen atoms in total. The first-order valence-electron chi connectivity index (χ1n) is 7.74. The molecule has 0 saturated heterocycles. The van der Waals surface area contributed by atoms with Gasteiger partial charge in [0.2, 0.25) is 0 Å². The molecule has 2 atom stereocenters. The lowest BCUT2D eigenvalue weighted by Gasteiger charge is -2.28. The quantitative estimate of drug-likeness (QED) is 0.840. The van der Waals surface area contributed by atoms with E-state index in [0.29, 0.717) is 5.92 Å². The lowest BCUT2D eigenvalue weighted by atomic mass is 9.94. The summed E-state index contributed by atoms with van der Waals surface area (Å²) in [4.78, 5) is 0. The van der Waals surface area contributed by atoms with Gasteiger partial charge in [-0.2, -0.15) is 0 Å². The molecule has 0 aliphatic carbocycles. The van der Waals surface area contributed by atoms with E-state index in [9.17, 15) is 4.21 Å². The molecular weight excluding hydrogens is 292 g/mol. The number of ether oxygens (including phenoxy) is 1. The standard InChI is InChI=1S/C19H22O2S/c1-13(2)9-16-10-14(3)11-17-18(16)21-12-22(20)19(17)15-7-5-4-6-8-15/h4-8,10-11,13,19H,9,12H2,1-3H3. The molecule has 2 unspecified atom stereocenters. The molecule has 1 heterocycles. The normalized spacial score (nSPS) is 20.5. The van der Waals surface area contributed by atoms with Crippen LogP contribution >= 0.6 is 0 Å². The second-order valence-electron chi connectivity index (χ2n) is 6.37. The van der Waals surface area contributed by atoms with Gasteiger partial charge in [-0.15, -0.1) is 0 Å². The van der Waals surface area contributed by atoms with Gasteiger partial charge < -0.3 is 4.74 Å². The smallest absolute Gasteiger partial charge is 0.164 e. The van der Waals surface area contributed by atoms with Gasteiger partial charge in [0.15, 0.2) is 5.94 Å². The lowest BCUT2D eigenvalue weighted by molar-refractivity contribution is 0.366. The molecule has 0 aromatic heterocycles. The maximum Gasteiger partial charge on any atom is 0.164 e. The molecule has 2 aromatic carbocycles. The summed E-state index contributed by atoms with van der Waals surface area (Å²) in [5.41, 5.74) is 4.62. The first-order chi connectivity index (χ1) is 10.6. The zero-order valence-corrected chi connectivity index (χ0v) is 14.2. The van der Waals surface area contributed by atoms with Crippen molar-refractivity contribution in [1.82, 2.24) is 0 Å². The lowest BCUT2D eigenvalue weighted by Crippen LogP contribution is -2.23. The van der Waals surface area contributed by atoms with E-state index in [-0.39, 0.29) is 11.2 Å². The minimum Gasteiger partial charge on any atom is -0.480 e. The molecule has 22 heavy (non-hydrogen) atoms. The van der Waals surface area contributed by atoms with Crippen molar-refractivity contribution in [3.63, 3.8) is 0 Å². The van der Waals surface area contributed by atoms with Crippen molar-refractivity contribution in [2.24, 2.45) is 5.92 Å². The fraction of sp³-hybridized carbons (Fsp3) is 0.368. The Kier molecular flexibility index (Phi) is 4.34. The summed E-state index contributed by atoms with van der Waals surface area (Å²) in [5, 5.41) is -0.0873. The largest absolute Gasteiger partial charge is 0.480 e. The third kappa shape index (κ3) is 2.95. The maximum absolute atomic E-state index is 12.6. The maximum atomic E-state index is 12.6. The van der Waals surface area contributed by atoms with Crippen LogP contribution in [0.5, 0.6) is 5.75 Å². The number of fused-ring (bicyclic) bond motifs is 1. The molecule has 116 valence electrons. The number of hydrogen-bond acceptors (Lipinski definition) is 2. The molecule has 0 fully saturated rings. The van der Waals surface area contributed by atoms with Crippen LogP contribution in [0.25, 0.3) is 0 Å². The Morgan fingerprint density at radius 2 is 1.95 bits per heavy atom. The monoisotopic (exact) mass is 314 g/mol. The van der Waals surface area contributed by atoms with Gasteiger partial charge in [0, 0.05) is 5.56 Å². The average Bonchev–Trinajstić information content (AvgIpc) is 2.47. The van der Waals surface area contributed by atoms with Crippen LogP contribution in [0.3, 0.4) is 0 Å². The second-order valence-corrected chi connectivity index (χ2v) is 7.84. The van der Waals surface area contributed by atoms with Crippen LogP contribution < -0.4 is 4.74 Å². The van der Waals surface area contributed by atoms with Crippen molar-refractivity contribution in [2.75, 3.05) is 5.94 Å². The molecule has 0 radical (unpaired) electrons. The molecule has 0 bridgehead atoms. The topological polar surface area (TPSA) is 26.3 Å². The van der Waals surface area contributed by atoms with E-state index in [4.69, 9.17) is 4.74 Å². The molecule has 1 aliphatic heterocycles. The first-order valence-corrected chi connectivity index (χ1v) is 9.13. The molecule has 1 aliphatic rings. The van der Waals surface area contributed by atoms with E-state index in [0.717, 1.165) is 23.3 Å². The fourth-order valence-electron chi connectivity index (χ4n) is 3.13. The van der Waals surface area contributed by atoms with Crippen LogP contribution in [0.4, 0.5) is 0 Å². The first kappa shape index (κ1) is 15.3. The number of aryl methyl sites for hydroxylation is 1. The van der Waals surface area contributed by atoms with Crippen molar-refractivity contribution in [3.8, 4) is 5.75 Å². The Morgan fingerprint density at radius 1 is 1.23 bits per heavy atom. The van der Waals surface area contributed by atoms with E-state index in [1.165, 1.54) is 11.1 Å². The second kappa shape index (κ2) is 6.25. The minimum absolute atomic E-state index is 0.0873. The van der Waals surface area contributed by atoms with Crippen molar-refractivity contribution in [2.45, 2.75) is 32.4 Å². The molecule has 3 heteroatoms. The molecule has 2 aromatic rings. The molecule has 0 N–H and O–H groups in total. The third-order valence-electron chi connectivity index (χ3n) is 3.93. The van der Waals surface area contributed by atoms with Gasteiger partial charge in [-0.05, 0) is 30.4 Å². The van der Waals surface area contributed by atoms with Crippen molar-refractivity contribution in [3.05, 3.63) is 64.7 Å². The van der Waals surface area contributed by atoms with E-state index < -0.39 is 10.8 Å². The van der Waals surface area contributed by atoms with Crippen molar-refractivity contribution in [1.29, 1.82) is 0 Å². The van der Waals surface area contributed by atoms with Crippen molar-refractivity contribution < 1.29 is 8.95 Å². The number of rotatable bonds is 3. The van der Waals surface area contributed by atoms with Crippen LogP contribution in [0.15, 0.2) is 42.5 Å². The number of hydrogen-bond donors (Lipinski definition) is 0. The van der Waals surface area contributed by atoms with E-state index in [1.54, 1.807) is 0 Å². The number of benzene rings is 2. The Morgan fingerprint density at radius 3 is 2.64 bits per heavy atom. The highest BCUT2D eigenvalue weighted by Gasteiger charge is 2.31. The Hall–Kier alpha value is -1.61. The summed E-state index contributed by atoms with van der Waals surface area (Å²) in [6.45, 7) is 6.53. The van der Waals surface area contributed by atoms with Crippen LogP contribution in [-0.2, 0) is 17.2 Å². The zero-order chi connectivity index (χ0) is 15.7. The van der Waals surface area contributed by atoms with Crippen LogP contribution in [0, 0.1) is 12.8 Å². The third-order valence-corrected chi connectivity index (χ3v) is 5.34. The van der Waals surface area contributed by atoms with Gasteiger partial charge in [-0.1, -0.05) is 61.9 Å². The van der Waals surface area contributed by atoms with Gasteiger partial charge >= 0.3 is 0 Å². The summed E-state index contributed by atoms with van der Waals surface area (Å²) in [6.07, 6.45) is 0.984. The van der Waals surface area contributed by atoms with Gasteiger partial charge in [-0.3, -0.25) is 4.21 Å². The Balaban J connectivity index is 2.14. The van der Waals surface area contributed by atoms with Crippen molar-refractivity contribution >= 4 is 10.8 Å². The highest BCUT2D eigenvalue weighted by Crippen LogP contribution is 2.41. The summed E-state index contributed by atoms with van der Waals surface area (Å²) in [6, 6.07) is 14.5. The molecule has 0 spiro atoms. The highest BCUT2D eigenvalue weighted by atomic mass is 32.2. The predicted molar refractivity (Wildman–Crippen MR) is 91.6 cm³/mol. The fourth-order valence-corrected chi connectivity index (χ4v) is 4.42. The van der Waals surface area contributed by atoms with Gasteiger partial charge in [0.05, 0.1) is 16.0 Å². The van der Waals surface area contributed by atoms with E-state index in [1.807, 2.05) is 18.2 Å². The summed E-state index contributed by atoms with van der Waals surface area (Å²) in [7, 11) is -1.04. The van der Waals surface area contributed by atoms with Crippen LogP contribution in [0.2, 0.25) is 0 Å². The molecular formula is C19H22O2S. The average molecular weight is 314 g/mol. The van der Waals surface area contributed by atoms with Gasteiger partial charge in [-0.25, -0.2) is 0 Å². The summed E-state index contributed by atoms with van der Waals surface area (Å²) >= 11 is 0. The van der Waals surface area contributed by atoms with Crippen LogP contribution in [-0.4, -0.2) is 10.1 Å². The summed E-state index contributed by atoms with van der Waals surface area (Å²) < 4.78 is 18.5. The zero-order valence-electron chi connectivity index (χ0n) is 13.3. The predicted octanol–water partition coefficient (Wildman–Crippen LogP) is 4.38. The Bertz CT molecular complexity index is 692. The Labute approximate surface area is 135 Å².